The van der Waals surface area contributed by atoms with Crippen LogP contribution in [0, 0.1) is 0 Å². The third kappa shape index (κ3) is 5.19. The van der Waals surface area contributed by atoms with Crippen LogP contribution in [-0.2, 0) is 9.63 Å². The quantitative estimate of drug-likeness (QED) is 0.657. The fraction of sp³-hybridized carbons (Fsp3) is 0.900. The Labute approximate surface area is 86.6 Å². The summed E-state index contributed by atoms with van der Waals surface area (Å²) >= 11 is 0. The zero-order valence-electron chi connectivity index (χ0n) is 9.83. The van der Waals surface area contributed by atoms with Crippen LogP contribution in [0.2, 0.25) is 0 Å². The molecule has 0 bridgehead atoms. The first-order valence-corrected chi connectivity index (χ1v) is 5.13. The van der Waals surface area contributed by atoms with Crippen molar-refractivity contribution in [2.45, 2.75) is 46.3 Å². The normalized spacial score (nSPS) is 14.9. The molecule has 1 N–H and O–H groups in total. The average molecular weight is 202 g/mol. The van der Waals surface area contributed by atoms with Gasteiger partial charge >= 0.3 is 0 Å². The summed E-state index contributed by atoms with van der Waals surface area (Å²) in [6, 6.07) is 0.399. The molecule has 0 aliphatic rings. The number of hydrogen-bond donors (Lipinski definition) is 1. The SMILES string of the molecule is CCN(OC(C)CC(C)NC)C(C)=O. The number of hydrogen-bond acceptors (Lipinski definition) is 3. The number of nitrogens with zero attached hydrogens (tertiary/aromatic N) is 1. The Morgan fingerprint density at radius 2 is 2.07 bits per heavy atom. The third-order valence-corrected chi connectivity index (χ3v) is 2.12. The van der Waals surface area contributed by atoms with E-state index in [-0.39, 0.29) is 12.0 Å². The lowest BCUT2D eigenvalue weighted by atomic mass is 10.2. The molecule has 0 aromatic heterocycles. The van der Waals surface area contributed by atoms with Crippen molar-refractivity contribution >= 4 is 5.91 Å². The Kier molecular flexibility index (Phi) is 6.49. The Balaban J connectivity index is 3.90. The molecular weight excluding hydrogens is 180 g/mol. The Bertz CT molecular complexity index is 174. The maximum atomic E-state index is 11.1. The second-order valence-corrected chi connectivity index (χ2v) is 3.56. The summed E-state index contributed by atoms with van der Waals surface area (Å²) in [6.45, 7) is 8.06. The highest BCUT2D eigenvalue weighted by atomic mass is 16.7. The van der Waals surface area contributed by atoms with E-state index in [1.807, 2.05) is 20.9 Å². The van der Waals surface area contributed by atoms with Crippen molar-refractivity contribution in [1.82, 2.24) is 10.4 Å². The zero-order chi connectivity index (χ0) is 11.1. The van der Waals surface area contributed by atoms with E-state index in [0.29, 0.717) is 12.6 Å². The molecule has 0 aromatic rings. The summed E-state index contributed by atoms with van der Waals surface area (Å²) in [5, 5.41) is 4.53. The van der Waals surface area contributed by atoms with Crippen molar-refractivity contribution < 1.29 is 9.63 Å². The van der Waals surface area contributed by atoms with Gasteiger partial charge < -0.3 is 5.32 Å². The van der Waals surface area contributed by atoms with Crippen LogP contribution in [0.25, 0.3) is 0 Å². The van der Waals surface area contributed by atoms with Gasteiger partial charge in [0.05, 0.1) is 6.10 Å². The lowest BCUT2D eigenvalue weighted by Gasteiger charge is -2.24. The summed E-state index contributed by atoms with van der Waals surface area (Å²) in [5.41, 5.74) is 0. The fourth-order valence-corrected chi connectivity index (χ4v) is 1.25. The molecule has 2 unspecified atom stereocenters. The Morgan fingerprint density at radius 3 is 2.43 bits per heavy atom. The van der Waals surface area contributed by atoms with E-state index < -0.39 is 0 Å². The maximum Gasteiger partial charge on any atom is 0.242 e. The summed E-state index contributed by atoms with van der Waals surface area (Å²) in [7, 11) is 1.92. The molecule has 0 rings (SSSR count). The highest BCUT2D eigenvalue weighted by molar-refractivity contribution is 5.71. The smallest absolute Gasteiger partial charge is 0.242 e. The number of amides is 1. The minimum Gasteiger partial charge on any atom is -0.317 e. The molecule has 4 nitrogen and oxygen atoms in total. The van der Waals surface area contributed by atoms with Gasteiger partial charge in [0.1, 0.15) is 0 Å². The molecular formula is C10H22N2O2. The first-order chi connectivity index (χ1) is 6.51. The standard InChI is InChI=1S/C10H22N2O2/c1-6-12(10(4)13)14-9(3)7-8(2)11-5/h8-9,11H,6-7H2,1-5H3. The molecule has 84 valence electrons. The van der Waals surface area contributed by atoms with Crippen LogP contribution in [0.1, 0.15) is 34.1 Å². The van der Waals surface area contributed by atoms with E-state index >= 15 is 0 Å². The molecule has 0 aliphatic carbocycles. The van der Waals surface area contributed by atoms with Crippen LogP contribution < -0.4 is 5.32 Å². The van der Waals surface area contributed by atoms with Gasteiger partial charge in [-0.25, -0.2) is 5.06 Å². The van der Waals surface area contributed by atoms with Crippen LogP contribution in [0.4, 0.5) is 0 Å². The van der Waals surface area contributed by atoms with Gasteiger partial charge in [0.25, 0.3) is 0 Å². The average Bonchev–Trinajstić information content (AvgIpc) is 2.13. The molecule has 14 heavy (non-hydrogen) atoms. The van der Waals surface area contributed by atoms with Gasteiger partial charge in [-0.15, -0.1) is 0 Å². The maximum absolute atomic E-state index is 11.1. The topological polar surface area (TPSA) is 41.6 Å². The predicted molar refractivity (Wildman–Crippen MR) is 56.7 cm³/mol. The molecule has 2 atom stereocenters. The van der Waals surface area contributed by atoms with Gasteiger partial charge in [-0.3, -0.25) is 9.63 Å². The van der Waals surface area contributed by atoms with E-state index in [2.05, 4.69) is 12.2 Å². The molecule has 0 saturated heterocycles. The fourth-order valence-electron chi connectivity index (χ4n) is 1.25. The van der Waals surface area contributed by atoms with Gasteiger partial charge in [-0.1, -0.05) is 0 Å². The number of carbonyl (C=O) groups excluding carboxylic acids is 1. The van der Waals surface area contributed by atoms with Crippen LogP contribution in [0.15, 0.2) is 0 Å². The monoisotopic (exact) mass is 202 g/mol. The first-order valence-electron chi connectivity index (χ1n) is 5.13. The Morgan fingerprint density at radius 1 is 1.50 bits per heavy atom. The molecule has 0 aromatic carbocycles. The third-order valence-electron chi connectivity index (χ3n) is 2.12. The number of carbonyl (C=O) groups is 1. The van der Waals surface area contributed by atoms with E-state index in [1.54, 1.807) is 0 Å². The van der Waals surface area contributed by atoms with Crippen LogP contribution in [0.5, 0.6) is 0 Å². The zero-order valence-corrected chi connectivity index (χ0v) is 9.83. The van der Waals surface area contributed by atoms with E-state index in [0.717, 1.165) is 6.42 Å². The number of rotatable bonds is 6. The van der Waals surface area contributed by atoms with Gasteiger partial charge in [0, 0.05) is 19.5 Å². The van der Waals surface area contributed by atoms with E-state index in [4.69, 9.17) is 4.84 Å². The predicted octanol–water partition coefficient (Wildman–Crippen LogP) is 1.17. The van der Waals surface area contributed by atoms with E-state index in [1.165, 1.54) is 12.0 Å². The van der Waals surface area contributed by atoms with Gasteiger partial charge in [-0.05, 0) is 34.2 Å². The summed E-state index contributed by atoms with van der Waals surface area (Å²) < 4.78 is 0. The van der Waals surface area contributed by atoms with Crippen molar-refractivity contribution in [3.63, 3.8) is 0 Å². The van der Waals surface area contributed by atoms with Crippen molar-refractivity contribution in [1.29, 1.82) is 0 Å². The lowest BCUT2D eigenvalue weighted by Crippen LogP contribution is -2.35. The van der Waals surface area contributed by atoms with Gasteiger partial charge in [0.15, 0.2) is 0 Å². The second-order valence-electron chi connectivity index (χ2n) is 3.56. The largest absolute Gasteiger partial charge is 0.317 e. The molecule has 0 heterocycles. The number of nitrogens with one attached hydrogen (secondary N) is 1. The van der Waals surface area contributed by atoms with Crippen molar-refractivity contribution in [2.24, 2.45) is 0 Å². The van der Waals surface area contributed by atoms with Crippen LogP contribution >= 0.6 is 0 Å². The molecule has 0 spiro atoms. The van der Waals surface area contributed by atoms with E-state index in [9.17, 15) is 4.79 Å². The summed E-state index contributed by atoms with van der Waals surface area (Å²) in [4.78, 5) is 16.5. The summed E-state index contributed by atoms with van der Waals surface area (Å²) in [6.07, 6.45) is 0.946. The molecule has 0 fully saturated rings. The molecule has 0 radical (unpaired) electrons. The van der Waals surface area contributed by atoms with Crippen LogP contribution in [-0.4, -0.2) is 36.7 Å². The minimum absolute atomic E-state index is 0.0449. The molecule has 0 saturated carbocycles. The first kappa shape index (κ1) is 13.4. The summed E-state index contributed by atoms with van der Waals surface area (Å²) in [5.74, 6) is -0.0449. The highest BCUT2D eigenvalue weighted by Gasteiger charge is 2.13. The van der Waals surface area contributed by atoms with Crippen molar-refractivity contribution in [3.8, 4) is 0 Å². The Hall–Kier alpha value is -0.610. The highest BCUT2D eigenvalue weighted by Crippen LogP contribution is 2.05. The number of hydroxylamine groups is 2. The molecule has 1 amide bonds. The van der Waals surface area contributed by atoms with Gasteiger partial charge in [-0.2, -0.15) is 0 Å². The van der Waals surface area contributed by atoms with Crippen molar-refractivity contribution in [2.75, 3.05) is 13.6 Å². The lowest BCUT2D eigenvalue weighted by molar-refractivity contribution is -0.201. The van der Waals surface area contributed by atoms with Crippen LogP contribution in [0.3, 0.4) is 0 Å². The van der Waals surface area contributed by atoms with Gasteiger partial charge in [0.2, 0.25) is 5.91 Å². The second kappa shape index (κ2) is 6.79. The van der Waals surface area contributed by atoms with Crippen molar-refractivity contribution in [3.05, 3.63) is 0 Å². The molecule has 0 aliphatic heterocycles. The minimum atomic E-state index is -0.0449. The molecule has 4 heteroatoms.